The van der Waals surface area contributed by atoms with Crippen LogP contribution in [0.5, 0.6) is 0 Å². The van der Waals surface area contributed by atoms with Gasteiger partial charge >= 0.3 is 0 Å². The van der Waals surface area contributed by atoms with Crippen LogP contribution in [0.1, 0.15) is 31.2 Å². The van der Waals surface area contributed by atoms with Gasteiger partial charge in [-0.1, -0.05) is 0 Å². The van der Waals surface area contributed by atoms with Crippen molar-refractivity contribution in [3.05, 3.63) is 30.1 Å². The van der Waals surface area contributed by atoms with Gasteiger partial charge in [0.1, 0.15) is 0 Å². The standard InChI is InChI=1S/C14H22N2O/c17-12-2-4-14-3-1-10-16(14)11-7-13-5-8-15-9-6-13/h5-6,8-9,14,17H,1-4,7,10-12H2. The number of rotatable bonds is 6. The summed E-state index contributed by atoms with van der Waals surface area (Å²) in [6, 6.07) is 4.89. The molecule has 0 aromatic carbocycles. The molecule has 1 saturated heterocycles. The molecule has 1 unspecified atom stereocenters. The molecule has 1 aliphatic rings. The van der Waals surface area contributed by atoms with Gasteiger partial charge in [-0.15, -0.1) is 0 Å². The van der Waals surface area contributed by atoms with Gasteiger partial charge in [0.05, 0.1) is 0 Å². The van der Waals surface area contributed by atoms with E-state index >= 15 is 0 Å². The molecule has 0 bridgehead atoms. The van der Waals surface area contributed by atoms with Crippen LogP contribution >= 0.6 is 0 Å². The topological polar surface area (TPSA) is 36.4 Å². The zero-order valence-electron chi connectivity index (χ0n) is 10.4. The van der Waals surface area contributed by atoms with E-state index in [0.29, 0.717) is 12.6 Å². The monoisotopic (exact) mass is 234 g/mol. The molecule has 17 heavy (non-hydrogen) atoms. The molecular formula is C14H22N2O. The van der Waals surface area contributed by atoms with Gasteiger partial charge in [-0.2, -0.15) is 0 Å². The van der Waals surface area contributed by atoms with Crippen molar-refractivity contribution in [2.75, 3.05) is 19.7 Å². The van der Waals surface area contributed by atoms with Crippen LogP contribution in [0.3, 0.4) is 0 Å². The Balaban J connectivity index is 1.78. The van der Waals surface area contributed by atoms with E-state index in [1.54, 1.807) is 0 Å². The van der Waals surface area contributed by atoms with E-state index < -0.39 is 0 Å². The van der Waals surface area contributed by atoms with Gasteiger partial charge in [-0.05, 0) is 56.3 Å². The summed E-state index contributed by atoms with van der Waals surface area (Å²) in [6.45, 7) is 2.69. The molecule has 0 amide bonds. The Bertz CT molecular complexity index is 315. The van der Waals surface area contributed by atoms with Crippen LogP contribution < -0.4 is 0 Å². The Kier molecular flexibility index (Phi) is 4.95. The minimum absolute atomic E-state index is 0.328. The van der Waals surface area contributed by atoms with Crippen LogP contribution in [0.4, 0.5) is 0 Å². The van der Waals surface area contributed by atoms with Crippen molar-refractivity contribution >= 4 is 0 Å². The molecule has 1 N–H and O–H groups in total. The van der Waals surface area contributed by atoms with E-state index in [1.165, 1.54) is 24.9 Å². The third kappa shape index (κ3) is 3.79. The summed E-state index contributed by atoms with van der Waals surface area (Å²) >= 11 is 0. The molecule has 94 valence electrons. The van der Waals surface area contributed by atoms with Crippen LogP contribution in [0.2, 0.25) is 0 Å². The van der Waals surface area contributed by atoms with Gasteiger partial charge in [-0.3, -0.25) is 4.98 Å². The fourth-order valence-corrected chi connectivity index (χ4v) is 2.67. The van der Waals surface area contributed by atoms with Crippen molar-refractivity contribution in [2.24, 2.45) is 0 Å². The fraction of sp³-hybridized carbons (Fsp3) is 0.643. The second-order valence-electron chi connectivity index (χ2n) is 4.80. The van der Waals surface area contributed by atoms with Crippen molar-refractivity contribution in [1.29, 1.82) is 0 Å². The quantitative estimate of drug-likeness (QED) is 0.816. The van der Waals surface area contributed by atoms with E-state index in [-0.39, 0.29) is 0 Å². The lowest BCUT2D eigenvalue weighted by atomic mass is 10.1. The van der Waals surface area contributed by atoms with Crippen molar-refractivity contribution < 1.29 is 5.11 Å². The minimum Gasteiger partial charge on any atom is -0.396 e. The molecule has 1 aliphatic heterocycles. The Labute approximate surface area is 103 Å². The van der Waals surface area contributed by atoms with Crippen LogP contribution in [0.25, 0.3) is 0 Å². The van der Waals surface area contributed by atoms with E-state index in [1.807, 2.05) is 12.4 Å². The van der Waals surface area contributed by atoms with E-state index in [9.17, 15) is 0 Å². The largest absolute Gasteiger partial charge is 0.396 e. The maximum Gasteiger partial charge on any atom is 0.0431 e. The molecule has 1 aromatic rings. The third-order valence-corrected chi connectivity index (χ3v) is 3.63. The van der Waals surface area contributed by atoms with Gasteiger partial charge in [0, 0.05) is 31.6 Å². The number of likely N-dealkylation sites (tertiary alicyclic amines) is 1. The Morgan fingerprint density at radius 2 is 2.18 bits per heavy atom. The first-order valence-electron chi connectivity index (χ1n) is 6.64. The number of aliphatic hydroxyl groups is 1. The fourth-order valence-electron chi connectivity index (χ4n) is 2.67. The van der Waals surface area contributed by atoms with Gasteiger partial charge < -0.3 is 10.0 Å². The highest BCUT2D eigenvalue weighted by Crippen LogP contribution is 2.21. The molecule has 2 rings (SSSR count). The summed E-state index contributed by atoms with van der Waals surface area (Å²) in [6.07, 6.45) is 9.54. The van der Waals surface area contributed by atoms with Gasteiger partial charge in [0.2, 0.25) is 0 Å². The molecule has 0 aliphatic carbocycles. The predicted octanol–water partition coefficient (Wildman–Crippen LogP) is 1.86. The lowest BCUT2D eigenvalue weighted by molar-refractivity contribution is 0.218. The van der Waals surface area contributed by atoms with Gasteiger partial charge in [0.25, 0.3) is 0 Å². The molecule has 3 heteroatoms. The number of hydrogen-bond donors (Lipinski definition) is 1. The Hall–Kier alpha value is -0.930. The summed E-state index contributed by atoms with van der Waals surface area (Å²) < 4.78 is 0. The van der Waals surface area contributed by atoms with Crippen LogP contribution in [0.15, 0.2) is 24.5 Å². The first-order valence-corrected chi connectivity index (χ1v) is 6.64. The molecule has 0 spiro atoms. The second kappa shape index (κ2) is 6.72. The predicted molar refractivity (Wildman–Crippen MR) is 68.9 cm³/mol. The number of aliphatic hydroxyl groups excluding tert-OH is 1. The van der Waals surface area contributed by atoms with Crippen molar-refractivity contribution in [2.45, 2.75) is 38.1 Å². The molecule has 0 radical (unpaired) electrons. The average molecular weight is 234 g/mol. The maximum absolute atomic E-state index is 8.90. The second-order valence-corrected chi connectivity index (χ2v) is 4.80. The summed E-state index contributed by atoms with van der Waals surface area (Å²) in [5.41, 5.74) is 1.37. The molecular weight excluding hydrogens is 212 g/mol. The van der Waals surface area contributed by atoms with Crippen LogP contribution in [-0.4, -0.2) is 40.7 Å². The molecule has 0 saturated carbocycles. The summed E-state index contributed by atoms with van der Waals surface area (Å²) in [5, 5.41) is 8.90. The Morgan fingerprint density at radius 3 is 2.94 bits per heavy atom. The summed E-state index contributed by atoms with van der Waals surface area (Å²) in [5.74, 6) is 0. The van der Waals surface area contributed by atoms with Crippen molar-refractivity contribution in [1.82, 2.24) is 9.88 Å². The zero-order chi connectivity index (χ0) is 11.9. The Morgan fingerprint density at radius 1 is 1.35 bits per heavy atom. The highest BCUT2D eigenvalue weighted by atomic mass is 16.2. The van der Waals surface area contributed by atoms with E-state index in [2.05, 4.69) is 22.0 Å². The number of aromatic nitrogens is 1. The molecule has 1 atom stereocenters. The molecule has 1 aromatic heterocycles. The summed E-state index contributed by atoms with van der Waals surface area (Å²) in [4.78, 5) is 6.62. The normalized spacial score (nSPS) is 20.9. The van der Waals surface area contributed by atoms with Crippen LogP contribution in [-0.2, 0) is 6.42 Å². The summed E-state index contributed by atoms with van der Waals surface area (Å²) in [7, 11) is 0. The smallest absolute Gasteiger partial charge is 0.0431 e. The molecule has 3 nitrogen and oxygen atoms in total. The maximum atomic E-state index is 8.90. The van der Waals surface area contributed by atoms with Crippen molar-refractivity contribution in [3.8, 4) is 0 Å². The average Bonchev–Trinajstić information content (AvgIpc) is 2.82. The van der Waals surface area contributed by atoms with Crippen LogP contribution in [0, 0.1) is 0 Å². The molecule has 1 fully saturated rings. The number of hydrogen-bond acceptors (Lipinski definition) is 3. The van der Waals surface area contributed by atoms with Crippen molar-refractivity contribution in [3.63, 3.8) is 0 Å². The third-order valence-electron chi connectivity index (χ3n) is 3.63. The highest BCUT2D eigenvalue weighted by Gasteiger charge is 2.23. The van der Waals surface area contributed by atoms with E-state index in [4.69, 9.17) is 5.11 Å². The minimum atomic E-state index is 0.328. The first kappa shape index (κ1) is 12.5. The zero-order valence-corrected chi connectivity index (χ0v) is 10.4. The number of pyridine rings is 1. The van der Waals surface area contributed by atoms with Gasteiger partial charge in [-0.25, -0.2) is 0 Å². The lowest BCUT2D eigenvalue weighted by Crippen LogP contribution is -2.31. The molecule has 2 heterocycles. The van der Waals surface area contributed by atoms with Gasteiger partial charge in [0.15, 0.2) is 0 Å². The highest BCUT2D eigenvalue weighted by molar-refractivity contribution is 5.10. The number of nitrogens with zero attached hydrogens (tertiary/aromatic N) is 2. The van der Waals surface area contributed by atoms with E-state index in [0.717, 1.165) is 25.8 Å². The SMILES string of the molecule is OCCCC1CCCN1CCc1ccncc1. The first-order chi connectivity index (χ1) is 8.40. The lowest BCUT2D eigenvalue weighted by Gasteiger charge is -2.24.